The molecule has 14 rings (SSSR count). The molecule has 322 valence electrons. The fourth-order valence-corrected chi connectivity index (χ4v) is 12.7. The number of rotatable bonds is 7. The van der Waals surface area contributed by atoms with Gasteiger partial charge in [0.2, 0.25) is 0 Å². The Balaban J connectivity index is 1.11. The van der Waals surface area contributed by atoms with E-state index >= 15 is 0 Å². The standard InChI is InChI=1S/C68H45N/c1-5-22-46(23-6-1)52-34-21-35-53(47-24-7-2-8-25-47)66(52)69(50-40-42-58-56-32-13-17-36-60(56)67(64(58)44-50,48-26-9-3-10-27-48)49-28-11-4-12-29-49)51-41-43-59-57-33-16-20-39-63(57)68(65(59)45-51)61-37-18-14-30-54(61)55-31-15-19-38-62(55)68/h1-45H. The summed E-state index contributed by atoms with van der Waals surface area (Å²) in [5.41, 5.74) is 25.0. The van der Waals surface area contributed by atoms with Crippen LogP contribution in [0.4, 0.5) is 17.1 Å². The van der Waals surface area contributed by atoms with E-state index in [0.717, 1.165) is 39.3 Å². The van der Waals surface area contributed by atoms with E-state index in [1.165, 1.54) is 77.9 Å². The van der Waals surface area contributed by atoms with Crippen LogP contribution in [0.2, 0.25) is 0 Å². The molecule has 0 heterocycles. The van der Waals surface area contributed by atoms with Crippen LogP contribution < -0.4 is 4.90 Å². The maximum Gasteiger partial charge on any atom is 0.0726 e. The largest absolute Gasteiger partial charge is 0.309 e. The smallest absolute Gasteiger partial charge is 0.0726 e. The molecule has 3 aliphatic carbocycles. The molecule has 1 heteroatoms. The first kappa shape index (κ1) is 39.4. The number of hydrogen-bond donors (Lipinski definition) is 0. The second-order valence-corrected chi connectivity index (χ2v) is 18.6. The Kier molecular flexibility index (Phi) is 8.78. The Labute approximate surface area is 403 Å². The average Bonchev–Trinajstić information content (AvgIpc) is 4.02. The summed E-state index contributed by atoms with van der Waals surface area (Å²) in [5, 5.41) is 0. The molecule has 0 aromatic heterocycles. The SMILES string of the molecule is c1ccc(-c2cccc(-c3ccccc3)c2N(c2ccc3c(c2)C(c2ccccc2)(c2ccccc2)c2ccccc2-3)c2ccc3c(c2)C2(c4ccccc4-c4ccccc42)c2ccccc2-3)cc1. The third-order valence-corrected chi connectivity index (χ3v) is 15.4. The van der Waals surface area contributed by atoms with E-state index in [-0.39, 0.29) is 0 Å². The van der Waals surface area contributed by atoms with Gasteiger partial charge in [0, 0.05) is 22.5 Å². The Hall–Kier alpha value is -8.78. The van der Waals surface area contributed by atoms with E-state index in [9.17, 15) is 0 Å². The summed E-state index contributed by atoms with van der Waals surface area (Å²) in [5.74, 6) is 0. The molecule has 0 aliphatic heterocycles. The lowest BCUT2D eigenvalue weighted by Gasteiger charge is -2.36. The molecule has 3 aliphatic rings. The minimum atomic E-state index is -0.571. The van der Waals surface area contributed by atoms with Gasteiger partial charge < -0.3 is 4.90 Å². The van der Waals surface area contributed by atoms with Crippen LogP contribution in [0, 0.1) is 0 Å². The summed E-state index contributed by atoms with van der Waals surface area (Å²) in [6.45, 7) is 0. The molecule has 0 amide bonds. The van der Waals surface area contributed by atoms with E-state index in [4.69, 9.17) is 0 Å². The van der Waals surface area contributed by atoms with Crippen LogP contribution in [0.15, 0.2) is 273 Å². The predicted octanol–water partition coefficient (Wildman–Crippen LogP) is 17.2. The van der Waals surface area contributed by atoms with Crippen LogP contribution in [0.25, 0.3) is 55.6 Å². The molecule has 0 bridgehead atoms. The molecular formula is C68H45N. The molecule has 0 saturated carbocycles. The zero-order chi connectivity index (χ0) is 45.5. The van der Waals surface area contributed by atoms with Gasteiger partial charge in [0.1, 0.15) is 0 Å². The molecule has 0 fully saturated rings. The molecule has 11 aromatic rings. The van der Waals surface area contributed by atoms with Crippen molar-refractivity contribution in [2.24, 2.45) is 0 Å². The number of nitrogens with zero attached hydrogens (tertiary/aromatic N) is 1. The molecule has 0 atom stereocenters. The topological polar surface area (TPSA) is 3.24 Å². The van der Waals surface area contributed by atoms with Gasteiger partial charge in [-0.05, 0) is 113 Å². The van der Waals surface area contributed by atoms with E-state index in [1.807, 2.05) is 0 Å². The second-order valence-electron chi connectivity index (χ2n) is 18.6. The summed E-state index contributed by atoms with van der Waals surface area (Å²) in [6, 6.07) is 102. The highest BCUT2D eigenvalue weighted by Gasteiger charge is 2.52. The summed E-state index contributed by atoms with van der Waals surface area (Å²) < 4.78 is 0. The highest BCUT2D eigenvalue weighted by atomic mass is 15.1. The Morgan fingerprint density at radius 2 is 0.522 bits per heavy atom. The zero-order valence-corrected chi connectivity index (χ0v) is 37.9. The van der Waals surface area contributed by atoms with Crippen molar-refractivity contribution in [2.45, 2.75) is 10.8 Å². The van der Waals surface area contributed by atoms with Crippen LogP contribution in [-0.4, -0.2) is 0 Å². The minimum absolute atomic E-state index is 0.503. The monoisotopic (exact) mass is 875 g/mol. The van der Waals surface area contributed by atoms with E-state index in [1.54, 1.807) is 0 Å². The van der Waals surface area contributed by atoms with Crippen molar-refractivity contribution in [3.63, 3.8) is 0 Å². The lowest BCUT2D eigenvalue weighted by atomic mass is 9.67. The summed E-state index contributed by atoms with van der Waals surface area (Å²) in [4.78, 5) is 2.58. The third-order valence-electron chi connectivity index (χ3n) is 15.4. The van der Waals surface area contributed by atoms with Gasteiger partial charge in [0.05, 0.1) is 16.5 Å². The van der Waals surface area contributed by atoms with Gasteiger partial charge >= 0.3 is 0 Å². The molecule has 0 N–H and O–H groups in total. The van der Waals surface area contributed by atoms with Gasteiger partial charge in [-0.15, -0.1) is 0 Å². The van der Waals surface area contributed by atoms with Crippen molar-refractivity contribution >= 4 is 17.1 Å². The molecule has 11 aromatic carbocycles. The Morgan fingerprint density at radius 1 is 0.217 bits per heavy atom. The fraction of sp³-hybridized carbons (Fsp3) is 0.0294. The summed E-state index contributed by atoms with van der Waals surface area (Å²) in [6.07, 6.45) is 0. The molecular weight excluding hydrogens is 831 g/mol. The maximum atomic E-state index is 2.58. The number of para-hydroxylation sites is 1. The van der Waals surface area contributed by atoms with E-state index in [2.05, 4.69) is 278 Å². The number of hydrogen-bond acceptors (Lipinski definition) is 1. The van der Waals surface area contributed by atoms with Crippen LogP contribution in [0.5, 0.6) is 0 Å². The Morgan fingerprint density at radius 3 is 0.928 bits per heavy atom. The normalized spacial score (nSPS) is 13.7. The fourth-order valence-electron chi connectivity index (χ4n) is 12.7. The van der Waals surface area contributed by atoms with Crippen molar-refractivity contribution in [1.82, 2.24) is 0 Å². The molecule has 69 heavy (non-hydrogen) atoms. The summed E-state index contributed by atoms with van der Waals surface area (Å²) in [7, 11) is 0. The molecule has 0 unspecified atom stereocenters. The number of anilines is 3. The highest BCUT2D eigenvalue weighted by molar-refractivity contribution is 6.01. The third kappa shape index (κ3) is 5.53. The predicted molar refractivity (Wildman–Crippen MR) is 286 cm³/mol. The van der Waals surface area contributed by atoms with E-state index < -0.39 is 10.8 Å². The minimum Gasteiger partial charge on any atom is -0.309 e. The van der Waals surface area contributed by atoms with Crippen molar-refractivity contribution < 1.29 is 0 Å². The molecule has 1 spiro atoms. The van der Waals surface area contributed by atoms with Crippen LogP contribution in [-0.2, 0) is 10.8 Å². The first-order valence-corrected chi connectivity index (χ1v) is 24.1. The van der Waals surface area contributed by atoms with Crippen molar-refractivity contribution in [2.75, 3.05) is 4.90 Å². The second kappa shape index (κ2) is 15.4. The Bertz CT molecular complexity index is 3510. The van der Waals surface area contributed by atoms with Gasteiger partial charge in [-0.1, -0.05) is 249 Å². The summed E-state index contributed by atoms with van der Waals surface area (Å²) >= 11 is 0. The molecule has 1 nitrogen and oxygen atoms in total. The van der Waals surface area contributed by atoms with Gasteiger partial charge in [0.15, 0.2) is 0 Å². The lowest BCUT2D eigenvalue weighted by Crippen LogP contribution is -2.28. The van der Waals surface area contributed by atoms with Gasteiger partial charge in [-0.2, -0.15) is 0 Å². The highest BCUT2D eigenvalue weighted by Crippen LogP contribution is 2.64. The van der Waals surface area contributed by atoms with Crippen molar-refractivity contribution in [3.05, 3.63) is 317 Å². The van der Waals surface area contributed by atoms with Crippen LogP contribution in [0.1, 0.15) is 44.5 Å². The van der Waals surface area contributed by atoms with Gasteiger partial charge in [-0.25, -0.2) is 0 Å². The first-order valence-electron chi connectivity index (χ1n) is 24.1. The van der Waals surface area contributed by atoms with Crippen molar-refractivity contribution in [1.29, 1.82) is 0 Å². The van der Waals surface area contributed by atoms with Gasteiger partial charge in [-0.3, -0.25) is 0 Å². The zero-order valence-electron chi connectivity index (χ0n) is 37.9. The lowest BCUT2D eigenvalue weighted by molar-refractivity contribution is 0.768. The van der Waals surface area contributed by atoms with Crippen LogP contribution in [0.3, 0.4) is 0 Å². The van der Waals surface area contributed by atoms with Crippen molar-refractivity contribution in [3.8, 4) is 55.6 Å². The average molecular weight is 876 g/mol. The molecule has 0 radical (unpaired) electrons. The van der Waals surface area contributed by atoms with Gasteiger partial charge in [0.25, 0.3) is 0 Å². The molecule has 0 saturated heterocycles. The maximum absolute atomic E-state index is 2.58. The number of benzene rings is 11. The van der Waals surface area contributed by atoms with Crippen LogP contribution >= 0.6 is 0 Å². The quantitative estimate of drug-likeness (QED) is 0.154. The number of fused-ring (bicyclic) bond motifs is 13. The van der Waals surface area contributed by atoms with E-state index in [0.29, 0.717) is 0 Å². The first-order chi connectivity index (χ1) is 34.3.